The van der Waals surface area contributed by atoms with E-state index >= 15 is 0 Å². The molecule has 5 heteroatoms. The van der Waals surface area contributed by atoms with Gasteiger partial charge in [-0.15, -0.1) is 0 Å². The zero-order valence-corrected chi connectivity index (χ0v) is 12.0. The Hall–Kier alpha value is -2.04. The second-order valence-corrected chi connectivity index (χ2v) is 5.02. The maximum Gasteiger partial charge on any atom is 0.330 e. The van der Waals surface area contributed by atoms with Crippen molar-refractivity contribution in [2.75, 3.05) is 26.1 Å². The Bertz CT molecular complexity index is 481. The fourth-order valence-electron chi connectivity index (χ4n) is 1.59. The molecule has 0 aliphatic carbocycles. The number of ether oxygens (including phenoxy) is 1. The van der Waals surface area contributed by atoms with Gasteiger partial charge in [0.1, 0.15) is 5.54 Å². The van der Waals surface area contributed by atoms with Gasteiger partial charge >= 0.3 is 5.97 Å². The van der Waals surface area contributed by atoms with Crippen molar-refractivity contribution >= 4 is 17.6 Å². The first-order valence-electron chi connectivity index (χ1n) is 5.96. The van der Waals surface area contributed by atoms with Gasteiger partial charge in [0.2, 0.25) is 0 Å². The third kappa shape index (κ3) is 3.71. The molecule has 0 heterocycles. The summed E-state index contributed by atoms with van der Waals surface area (Å²) in [5, 5.41) is 2.66. The highest BCUT2D eigenvalue weighted by molar-refractivity contribution is 5.98. The van der Waals surface area contributed by atoms with Gasteiger partial charge in [0.05, 0.1) is 7.11 Å². The third-order valence-corrected chi connectivity index (χ3v) is 2.75. The van der Waals surface area contributed by atoms with Gasteiger partial charge in [-0.05, 0) is 32.0 Å². The minimum atomic E-state index is -1.06. The largest absolute Gasteiger partial charge is 0.467 e. The van der Waals surface area contributed by atoms with Gasteiger partial charge in [0.25, 0.3) is 5.91 Å². The molecule has 0 atom stereocenters. The fourth-order valence-corrected chi connectivity index (χ4v) is 1.59. The maximum absolute atomic E-state index is 12.1. The van der Waals surface area contributed by atoms with Crippen LogP contribution in [0.5, 0.6) is 0 Å². The molecule has 104 valence electrons. The molecule has 0 aromatic heterocycles. The fraction of sp³-hybridized carbons (Fsp3) is 0.429. The number of nitrogens with zero attached hydrogens (tertiary/aromatic N) is 1. The minimum Gasteiger partial charge on any atom is -0.467 e. The first-order valence-corrected chi connectivity index (χ1v) is 5.96. The van der Waals surface area contributed by atoms with E-state index in [2.05, 4.69) is 10.1 Å². The number of carbonyl (C=O) groups is 2. The van der Waals surface area contributed by atoms with Crippen LogP contribution in [0.3, 0.4) is 0 Å². The molecule has 1 N–H and O–H groups in total. The van der Waals surface area contributed by atoms with Crippen LogP contribution < -0.4 is 10.2 Å². The van der Waals surface area contributed by atoms with Crippen molar-refractivity contribution < 1.29 is 14.3 Å². The number of nitrogens with one attached hydrogen (secondary N) is 1. The van der Waals surface area contributed by atoms with Crippen LogP contribution in [0.4, 0.5) is 5.69 Å². The number of hydrogen-bond acceptors (Lipinski definition) is 4. The molecule has 0 aliphatic rings. The van der Waals surface area contributed by atoms with Crippen molar-refractivity contribution in [2.45, 2.75) is 19.4 Å². The molecular formula is C14H20N2O3. The molecule has 1 amide bonds. The molecule has 0 radical (unpaired) electrons. The molecule has 19 heavy (non-hydrogen) atoms. The topological polar surface area (TPSA) is 58.6 Å². The van der Waals surface area contributed by atoms with Gasteiger partial charge in [-0.1, -0.05) is 6.07 Å². The van der Waals surface area contributed by atoms with Crippen LogP contribution >= 0.6 is 0 Å². The molecule has 1 aromatic carbocycles. The lowest BCUT2D eigenvalue weighted by molar-refractivity contribution is -0.146. The van der Waals surface area contributed by atoms with Crippen LogP contribution in [-0.4, -0.2) is 38.6 Å². The summed E-state index contributed by atoms with van der Waals surface area (Å²) in [4.78, 5) is 25.6. The summed E-state index contributed by atoms with van der Waals surface area (Å²) in [6, 6.07) is 7.18. The predicted molar refractivity (Wildman–Crippen MR) is 74.3 cm³/mol. The van der Waals surface area contributed by atoms with Crippen LogP contribution in [0.15, 0.2) is 24.3 Å². The summed E-state index contributed by atoms with van der Waals surface area (Å²) >= 11 is 0. The van der Waals surface area contributed by atoms with Gasteiger partial charge in [-0.25, -0.2) is 4.79 Å². The van der Waals surface area contributed by atoms with Gasteiger partial charge in [-0.3, -0.25) is 4.79 Å². The number of anilines is 1. The number of esters is 1. The van der Waals surface area contributed by atoms with Crippen molar-refractivity contribution in [1.82, 2.24) is 5.32 Å². The zero-order valence-electron chi connectivity index (χ0n) is 12.0. The van der Waals surface area contributed by atoms with Crippen LogP contribution in [0, 0.1) is 0 Å². The van der Waals surface area contributed by atoms with Gasteiger partial charge < -0.3 is 15.0 Å². The Kier molecular flexibility index (Phi) is 4.53. The smallest absolute Gasteiger partial charge is 0.330 e. The second kappa shape index (κ2) is 5.73. The van der Waals surface area contributed by atoms with Crippen LogP contribution in [0.2, 0.25) is 0 Å². The quantitative estimate of drug-likeness (QED) is 0.836. The Morgan fingerprint density at radius 3 is 2.42 bits per heavy atom. The van der Waals surface area contributed by atoms with E-state index in [-0.39, 0.29) is 5.91 Å². The Labute approximate surface area is 113 Å². The first-order chi connectivity index (χ1) is 8.77. The summed E-state index contributed by atoms with van der Waals surface area (Å²) in [7, 11) is 5.09. The van der Waals surface area contributed by atoms with Crippen molar-refractivity contribution in [3.05, 3.63) is 29.8 Å². The summed E-state index contributed by atoms with van der Waals surface area (Å²) in [6.45, 7) is 3.21. The van der Waals surface area contributed by atoms with Gasteiger partial charge in [0, 0.05) is 25.3 Å². The molecule has 0 fully saturated rings. The maximum atomic E-state index is 12.1. The monoisotopic (exact) mass is 264 g/mol. The van der Waals surface area contributed by atoms with Gasteiger partial charge in [0.15, 0.2) is 0 Å². The van der Waals surface area contributed by atoms with E-state index in [0.29, 0.717) is 5.56 Å². The molecule has 0 bridgehead atoms. The second-order valence-electron chi connectivity index (χ2n) is 5.02. The highest BCUT2D eigenvalue weighted by Crippen LogP contribution is 2.14. The van der Waals surface area contributed by atoms with Crippen molar-refractivity contribution in [1.29, 1.82) is 0 Å². The molecular weight excluding hydrogens is 244 g/mol. The number of methoxy groups -OCH3 is 1. The van der Waals surface area contributed by atoms with Crippen molar-refractivity contribution in [2.24, 2.45) is 0 Å². The first kappa shape index (κ1) is 15.0. The lowest BCUT2D eigenvalue weighted by atomic mass is 10.0. The zero-order chi connectivity index (χ0) is 14.6. The Morgan fingerprint density at radius 2 is 1.89 bits per heavy atom. The van der Waals surface area contributed by atoms with E-state index in [0.717, 1.165) is 5.69 Å². The summed E-state index contributed by atoms with van der Waals surface area (Å²) in [6.07, 6.45) is 0. The third-order valence-electron chi connectivity index (χ3n) is 2.75. The summed E-state index contributed by atoms with van der Waals surface area (Å²) in [5.41, 5.74) is 0.367. The van der Waals surface area contributed by atoms with Crippen molar-refractivity contribution in [3.8, 4) is 0 Å². The Balaban J connectivity index is 2.90. The molecule has 5 nitrogen and oxygen atoms in total. The highest BCUT2D eigenvalue weighted by Gasteiger charge is 2.30. The van der Waals surface area contributed by atoms with Crippen LogP contribution in [-0.2, 0) is 9.53 Å². The number of hydrogen-bond donors (Lipinski definition) is 1. The SMILES string of the molecule is COC(=O)C(C)(C)NC(=O)c1cccc(N(C)C)c1. The number of rotatable bonds is 4. The lowest BCUT2D eigenvalue weighted by Gasteiger charge is -2.23. The lowest BCUT2D eigenvalue weighted by Crippen LogP contribution is -2.50. The van der Waals surface area contributed by atoms with Crippen LogP contribution in [0.1, 0.15) is 24.2 Å². The number of carbonyl (C=O) groups excluding carboxylic acids is 2. The van der Waals surface area contributed by atoms with E-state index in [4.69, 9.17) is 0 Å². The Morgan fingerprint density at radius 1 is 1.26 bits per heavy atom. The van der Waals surface area contributed by atoms with E-state index in [1.165, 1.54) is 7.11 Å². The summed E-state index contributed by atoms with van der Waals surface area (Å²) in [5.74, 6) is -0.788. The molecule has 0 saturated heterocycles. The predicted octanol–water partition coefficient (Wildman–Crippen LogP) is 1.43. The summed E-state index contributed by atoms with van der Waals surface area (Å²) < 4.78 is 4.65. The molecule has 1 aromatic rings. The van der Waals surface area contributed by atoms with E-state index in [1.807, 2.05) is 25.1 Å². The van der Waals surface area contributed by atoms with E-state index in [9.17, 15) is 9.59 Å². The normalized spacial score (nSPS) is 10.8. The highest BCUT2D eigenvalue weighted by atomic mass is 16.5. The molecule has 0 spiro atoms. The average molecular weight is 264 g/mol. The van der Waals surface area contributed by atoms with Gasteiger partial charge in [-0.2, -0.15) is 0 Å². The van der Waals surface area contributed by atoms with E-state index in [1.54, 1.807) is 32.0 Å². The molecule has 0 unspecified atom stereocenters. The molecule has 1 rings (SSSR count). The standard InChI is InChI=1S/C14H20N2O3/c1-14(2,13(18)19-5)15-12(17)10-7-6-8-11(9-10)16(3)4/h6-9H,1-5H3,(H,15,17). The number of amides is 1. The number of benzene rings is 1. The van der Waals surface area contributed by atoms with Crippen LogP contribution in [0.25, 0.3) is 0 Å². The van der Waals surface area contributed by atoms with Crippen molar-refractivity contribution in [3.63, 3.8) is 0 Å². The average Bonchev–Trinajstić information content (AvgIpc) is 2.37. The molecule has 0 saturated carbocycles. The van der Waals surface area contributed by atoms with E-state index < -0.39 is 11.5 Å². The molecule has 0 aliphatic heterocycles. The minimum absolute atomic E-state index is 0.306.